The Morgan fingerprint density at radius 2 is 1.68 bits per heavy atom. The van der Waals surface area contributed by atoms with Gasteiger partial charge in [0.05, 0.1) is 6.04 Å². The van der Waals surface area contributed by atoms with Crippen molar-refractivity contribution in [2.24, 2.45) is 0 Å². The van der Waals surface area contributed by atoms with Crippen molar-refractivity contribution >= 4 is 11.6 Å². The van der Waals surface area contributed by atoms with Crippen LogP contribution in [0.25, 0.3) is 5.69 Å². The Bertz CT molecular complexity index is 899. The Labute approximate surface area is 167 Å². The number of benzene rings is 2. The molecule has 1 aromatic heterocycles. The van der Waals surface area contributed by atoms with Crippen LogP contribution in [0.3, 0.4) is 0 Å². The second-order valence-electron chi connectivity index (χ2n) is 6.76. The molecular weight excluding hydrogens is 346 g/mol. The van der Waals surface area contributed by atoms with Gasteiger partial charge in [-0.05, 0) is 48.9 Å². The maximum atomic E-state index is 12.7. The molecule has 0 fully saturated rings. The van der Waals surface area contributed by atoms with Crippen LogP contribution in [0.2, 0.25) is 0 Å². The van der Waals surface area contributed by atoms with E-state index in [9.17, 15) is 4.79 Å². The van der Waals surface area contributed by atoms with Gasteiger partial charge in [-0.1, -0.05) is 43.8 Å². The largest absolute Gasteiger partial charge is 0.383 e. The summed E-state index contributed by atoms with van der Waals surface area (Å²) < 4.78 is 2.04. The number of carbonyl (C=O) groups excluding carboxylic acids is 1. The fourth-order valence-corrected chi connectivity index (χ4v) is 3.16. The van der Waals surface area contributed by atoms with Crippen LogP contribution in [0.1, 0.15) is 25.8 Å². The molecule has 2 aromatic carbocycles. The second kappa shape index (κ2) is 9.09. The van der Waals surface area contributed by atoms with Crippen molar-refractivity contribution in [3.63, 3.8) is 0 Å². The molecule has 28 heavy (non-hydrogen) atoms. The number of rotatable bonds is 8. The molecule has 144 valence electrons. The van der Waals surface area contributed by atoms with Crippen molar-refractivity contribution < 1.29 is 4.79 Å². The topological polar surface area (TPSA) is 37.3 Å². The zero-order valence-electron chi connectivity index (χ0n) is 16.5. The highest BCUT2D eigenvalue weighted by molar-refractivity contribution is 5.94. The highest BCUT2D eigenvalue weighted by Crippen LogP contribution is 2.23. The Morgan fingerprint density at radius 1 is 1.04 bits per heavy atom. The fourth-order valence-electron chi connectivity index (χ4n) is 3.16. The lowest BCUT2D eigenvalue weighted by atomic mass is 10.1. The first-order chi connectivity index (χ1) is 13.6. The second-order valence-corrected chi connectivity index (χ2v) is 6.76. The van der Waals surface area contributed by atoms with E-state index in [1.54, 1.807) is 0 Å². The van der Waals surface area contributed by atoms with Crippen LogP contribution < -0.4 is 10.2 Å². The van der Waals surface area contributed by atoms with Crippen molar-refractivity contribution in [1.29, 1.82) is 0 Å². The van der Waals surface area contributed by atoms with Gasteiger partial charge >= 0.3 is 0 Å². The molecular formula is C24H27N3O. The molecule has 0 aliphatic carbocycles. The molecule has 4 nitrogen and oxygen atoms in total. The van der Waals surface area contributed by atoms with Gasteiger partial charge < -0.3 is 14.8 Å². The molecule has 3 rings (SSSR count). The molecule has 1 heterocycles. The van der Waals surface area contributed by atoms with Crippen molar-refractivity contribution in [2.45, 2.75) is 32.9 Å². The Morgan fingerprint density at radius 3 is 2.29 bits per heavy atom. The van der Waals surface area contributed by atoms with Gasteiger partial charge in [0.25, 0.3) is 0 Å². The number of amides is 1. The first-order valence-electron chi connectivity index (χ1n) is 9.62. The molecule has 0 aliphatic heterocycles. The number of anilines is 1. The van der Waals surface area contributed by atoms with Crippen molar-refractivity contribution in [1.82, 2.24) is 9.88 Å². The molecule has 1 N–H and O–H groups in total. The van der Waals surface area contributed by atoms with E-state index in [-0.39, 0.29) is 11.9 Å². The standard InChI is InChI=1S/C24H27N3O/c1-4-24(28)27(20(3)19(2)25-18-21-10-6-5-7-11-21)23-14-12-22(13-15-23)26-16-8-9-17-26/h5-17,20,25H,2,4,18H2,1,3H3. The minimum atomic E-state index is -0.159. The molecule has 1 atom stereocenters. The number of nitrogens with zero attached hydrogens (tertiary/aromatic N) is 2. The van der Waals surface area contributed by atoms with Crippen molar-refractivity contribution in [3.8, 4) is 5.69 Å². The van der Waals surface area contributed by atoms with Gasteiger partial charge in [0.2, 0.25) is 5.91 Å². The van der Waals surface area contributed by atoms with Gasteiger partial charge in [0, 0.05) is 42.4 Å². The number of aromatic nitrogens is 1. The lowest BCUT2D eigenvalue weighted by molar-refractivity contribution is -0.118. The average Bonchev–Trinajstić information content (AvgIpc) is 3.28. The highest BCUT2D eigenvalue weighted by Gasteiger charge is 2.23. The molecule has 0 spiro atoms. The molecule has 0 bridgehead atoms. The van der Waals surface area contributed by atoms with Gasteiger partial charge in [-0.15, -0.1) is 0 Å². The summed E-state index contributed by atoms with van der Waals surface area (Å²) in [6, 6.07) is 22.0. The van der Waals surface area contributed by atoms with E-state index >= 15 is 0 Å². The minimum Gasteiger partial charge on any atom is -0.383 e. The summed E-state index contributed by atoms with van der Waals surface area (Å²) in [7, 11) is 0. The third-order valence-electron chi connectivity index (χ3n) is 4.86. The number of carbonyl (C=O) groups is 1. The summed E-state index contributed by atoms with van der Waals surface area (Å²) in [5.41, 5.74) is 3.93. The average molecular weight is 374 g/mol. The van der Waals surface area contributed by atoms with Gasteiger partial charge in [0.1, 0.15) is 0 Å². The molecule has 0 saturated carbocycles. The summed E-state index contributed by atoms with van der Waals surface area (Å²) in [5, 5.41) is 3.37. The van der Waals surface area contributed by atoms with E-state index in [0.717, 1.165) is 17.1 Å². The maximum absolute atomic E-state index is 12.7. The van der Waals surface area contributed by atoms with Crippen LogP contribution in [0, 0.1) is 0 Å². The quantitative estimate of drug-likeness (QED) is 0.609. The van der Waals surface area contributed by atoms with E-state index in [4.69, 9.17) is 0 Å². The highest BCUT2D eigenvalue weighted by atomic mass is 16.2. The van der Waals surface area contributed by atoms with Crippen molar-refractivity contribution in [3.05, 3.63) is 97.0 Å². The molecule has 0 radical (unpaired) electrons. The van der Waals surface area contributed by atoms with Gasteiger partial charge in [0.15, 0.2) is 0 Å². The predicted octanol–water partition coefficient (Wildman–Crippen LogP) is 4.91. The van der Waals surface area contributed by atoms with Crippen LogP contribution in [-0.2, 0) is 11.3 Å². The third-order valence-corrected chi connectivity index (χ3v) is 4.86. The first-order valence-corrected chi connectivity index (χ1v) is 9.62. The smallest absolute Gasteiger partial charge is 0.227 e. The minimum absolute atomic E-state index is 0.0730. The summed E-state index contributed by atoms with van der Waals surface area (Å²) >= 11 is 0. The summed E-state index contributed by atoms with van der Waals surface area (Å²) in [6.45, 7) is 8.76. The Kier molecular flexibility index (Phi) is 6.33. The lowest BCUT2D eigenvalue weighted by Crippen LogP contribution is -2.42. The lowest BCUT2D eigenvalue weighted by Gasteiger charge is -2.31. The molecule has 0 aliphatic rings. The first kappa shape index (κ1) is 19.5. The molecule has 3 aromatic rings. The third kappa shape index (κ3) is 4.52. The predicted molar refractivity (Wildman–Crippen MR) is 115 cm³/mol. The maximum Gasteiger partial charge on any atom is 0.227 e. The van der Waals surface area contributed by atoms with Gasteiger partial charge in [-0.25, -0.2) is 0 Å². The van der Waals surface area contributed by atoms with Crippen LogP contribution in [0.4, 0.5) is 5.69 Å². The molecule has 1 unspecified atom stereocenters. The van der Waals surface area contributed by atoms with Gasteiger partial charge in [-0.3, -0.25) is 4.79 Å². The fraction of sp³-hybridized carbons (Fsp3) is 0.208. The molecule has 1 amide bonds. The number of hydrogen-bond acceptors (Lipinski definition) is 2. The SMILES string of the molecule is C=C(NCc1ccccc1)C(C)N(C(=O)CC)c1ccc(-n2cccc2)cc1. The Balaban J connectivity index is 1.75. The van der Waals surface area contributed by atoms with Crippen LogP contribution in [0.5, 0.6) is 0 Å². The number of nitrogens with one attached hydrogen (secondary N) is 1. The van der Waals surface area contributed by atoms with E-state index in [0.29, 0.717) is 13.0 Å². The zero-order chi connectivity index (χ0) is 19.9. The number of hydrogen-bond donors (Lipinski definition) is 1. The van der Waals surface area contributed by atoms with E-state index in [1.165, 1.54) is 5.56 Å². The van der Waals surface area contributed by atoms with Crippen LogP contribution in [-0.4, -0.2) is 16.5 Å². The summed E-state index contributed by atoms with van der Waals surface area (Å²) in [6.07, 6.45) is 4.44. The summed E-state index contributed by atoms with van der Waals surface area (Å²) in [5.74, 6) is 0.0730. The van der Waals surface area contributed by atoms with E-state index in [2.05, 4.69) is 24.0 Å². The monoisotopic (exact) mass is 373 g/mol. The Hall–Kier alpha value is -3.27. The normalized spacial score (nSPS) is 11.6. The van der Waals surface area contributed by atoms with E-state index in [1.807, 2.05) is 90.3 Å². The van der Waals surface area contributed by atoms with Crippen molar-refractivity contribution in [2.75, 3.05) is 4.90 Å². The molecule has 0 saturated heterocycles. The van der Waals surface area contributed by atoms with Crippen LogP contribution >= 0.6 is 0 Å². The zero-order valence-corrected chi connectivity index (χ0v) is 16.5. The summed E-state index contributed by atoms with van der Waals surface area (Å²) in [4.78, 5) is 14.5. The molecule has 4 heteroatoms. The van der Waals surface area contributed by atoms with E-state index < -0.39 is 0 Å². The van der Waals surface area contributed by atoms with Gasteiger partial charge in [-0.2, -0.15) is 0 Å². The van der Waals surface area contributed by atoms with Crippen LogP contribution in [0.15, 0.2) is 91.4 Å².